The van der Waals surface area contributed by atoms with Gasteiger partial charge < -0.3 is 18.9 Å². The molecule has 0 aliphatic carbocycles. The Balaban J connectivity index is 1.99. The van der Waals surface area contributed by atoms with Gasteiger partial charge in [-0.25, -0.2) is 8.42 Å². The van der Waals surface area contributed by atoms with Crippen molar-refractivity contribution >= 4 is 21.8 Å². The summed E-state index contributed by atoms with van der Waals surface area (Å²) in [5, 5.41) is 3.81. The summed E-state index contributed by atoms with van der Waals surface area (Å²) in [7, 11) is 1.26. The molecule has 0 saturated heterocycles. The van der Waals surface area contributed by atoms with E-state index >= 15 is 0 Å². The van der Waals surface area contributed by atoms with Gasteiger partial charge in [0.2, 0.25) is 0 Å². The molecule has 2 aromatic rings. The lowest BCUT2D eigenvalue weighted by molar-refractivity contribution is 0.171. The third kappa shape index (κ3) is 3.34. The lowest BCUT2D eigenvalue weighted by atomic mass is 10.2. The monoisotopic (exact) mass is 379 g/mol. The summed E-state index contributed by atoms with van der Waals surface area (Å²) >= 11 is 0. The van der Waals surface area contributed by atoms with Gasteiger partial charge in [0.15, 0.2) is 22.2 Å². The predicted octanol–water partition coefficient (Wildman–Crippen LogP) is 2.11. The van der Waals surface area contributed by atoms with Gasteiger partial charge in [0.1, 0.15) is 18.9 Å². The molecule has 0 bridgehead atoms. The van der Waals surface area contributed by atoms with Crippen molar-refractivity contribution in [2.75, 3.05) is 38.7 Å². The summed E-state index contributed by atoms with van der Waals surface area (Å²) < 4.78 is 43.7. The van der Waals surface area contributed by atoms with Crippen LogP contribution in [0.25, 0.3) is 6.08 Å². The Morgan fingerprint density at radius 2 is 1.81 bits per heavy atom. The van der Waals surface area contributed by atoms with Gasteiger partial charge in [0.05, 0.1) is 5.69 Å². The molecule has 0 radical (unpaired) electrons. The van der Waals surface area contributed by atoms with E-state index < -0.39 is 10.0 Å². The summed E-state index contributed by atoms with van der Waals surface area (Å²) in [5.74, 6) is 1.30. The Labute approximate surface area is 152 Å². The van der Waals surface area contributed by atoms with E-state index in [1.54, 1.807) is 42.3 Å². The van der Waals surface area contributed by atoms with E-state index in [-0.39, 0.29) is 10.7 Å². The lowest BCUT2D eigenvalue weighted by Gasteiger charge is -2.23. The second kappa shape index (κ2) is 6.91. The molecule has 1 aliphatic rings. The van der Waals surface area contributed by atoms with Crippen LogP contribution in [-0.4, -0.2) is 52.8 Å². The standard InChI is InChI=1S/C17H21N3O5S/c1-12-17(15(25-18-12)7-8-19(2)3)26(21,22)20(4)13-5-6-14-16(11-13)24-10-9-23-14/h5-8,11H,9-10H2,1-4H3/b8-7+. The number of rotatable bonds is 5. The molecule has 0 spiro atoms. The van der Waals surface area contributed by atoms with Gasteiger partial charge in [-0.3, -0.25) is 4.31 Å². The van der Waals surface area contributed by atoms with E-state index in [9.17, 15) is 8.42 Å². The van der Waals surface area contributed by atoms with E-state index in [1.807, 2.05) is 14.1 Å². The van der Waals surface area contributed by atoms with Crippen LogP contribution >= 0.6 is 0 Å². The zero-order chi connectivity index (χ0) is 18.9. The number of hydrogen-bond donors (Lipinski definition) is 0. The van der Waals surface area contributed by atoms with Crippen molar-refractivity contribution in [1.82, 2.24) is 10.1 Å². The molecule has 2 heterocycles. The molecule has 0 unspecified atom stereocenters. The Kier molecular flexibility index (Phi) is 4.82. The van der Waals surface area contributed by atoms with E-state index in [0.29, 0.717) is 36.1 Å². The van der Waals surface area contributed by atoms with Crippen LogP contribution in [0.15, 0.2) is 33.8 Å². The second-order valence-corrected chi connectivity index (χ2v) is 7.95. The maximum atomic E-state index is 13.2. The number of aryl methyl sites for hydroxylation is 1. The topological polar surface area (TPSA) is 85.1 Å². The number of ether oxygens (including phenoxy) is 2. The highest BCUT2D eigenvalue weighted by atomic mass is 32.2. The van der Waals surface area contributed by atoms with E-state index in [1.165, 1.54) is 11.4 Å². The molecule has 0 fully saturated rings. The molecular weight excluding hydrogens is 358 g/mol. The van der Waals surface area contributed by atoms with Gasteiger partial charge in [0.25, 0.3) is 10.0 Å². The molecule has 0 atom stereocenters. The first-order chi connectivity index (χ1) is 12.3. The van der Waals surface area contributed by atoms with Crippen LogP contribution in [0.3, 0.4) is 0 Å². The molecule has 26 heavy (non-hydrogen) atoms. The average molecular weight is 379 g/mol. The maximum Gasteiger partial charge on any atom is 0.269 e. The molecule has 1 aliphatic heterocycles. The molecule has 0 N–H and O–H groups in total. The third-order valence-electron chi connectivity index (χ3n) is 3.87. The van der Waals surface area contributed by atoms with Gasteiger partial charge in [-0.2, -0.15) is 0 Å². The zero-order valence-corrected chi connectivity index (χ0v) is 15.9. The number of sulfonamides is 1. The maximum absolute atomic E-state index is 13.2. The first-order valence-electron chi connectivity index (χ1n) is 8.00. The highest BCUT2D eigenvalue weighted by molar-refractivity contribution is 7.92. The van der Waals surface area contributed by atoms with Gasteiger partial charge in [-0.1, -0.05) is 5.16 Å². The highest BCUT2D eigenvalue weighted by Gasteiger charge is 2.30. The van der Waals surface area contributed by atoms with Gasteiger partial charge in [-0.15, -0.1) is 0 Å². The molecule has 3 rings (SSSR count). The fourth-order valence-electron chi connectivity index (χ4n) is 2.52. The Bertz CT molecular complexity index is 934. The van der Waals surface area contributed by atoms with Crippen molar-refractivity contribution in [2.45, 2.75) is 11.8 Å². The predicted molar refractivity (Wildman–Crippen MR) is 97.0 cm³/mol. The van der Waals surface area contributed by atoms with Crippen LogP contribution in [0.4, 0.5) is 5.69 Å². The minimum Gasteiger partial charge on any atom is -0.486 e. The number of aromatic nitrogens is 1. The van der Waals surface area contributed by atoms with Crippen LogP contribution in [-0.2, 0) is 10.0 Å². The number of fused-ring (bicyclic) bond motifs is 1. The van der Waals surface area contributed by atoms with Crippen molar-refractivity contribution in [3.63, 3.8) is 0 Å². The lowest BCUT2D eigenvalue weighted by Crippen LogP contribution is -2.27. The summed E-state index contributed by atoms with van der Waals surface area (Å²) in [6.07, 6.45) is 3.27. The van der Waals surface area contributed by atoms with Gasteiger partial charge >= 0.3 is 0 Å². The third-order valence-corrected chi connectivity index (χ3v) is 5.81. The first-order valence-corrected chi connectivity index (χ1v) is 9.44. The second-order valence-electron chi connectivity index (χ2n) is 6.04. The molecule has 8 nitrogen and oxygen atoms in total. The summed E-state index contributed by atoms with van der Waals surface area (Å²) in [6.45, 7) is 2.50. The first kappa shape index (κ1) is 18.1. The van der Waals surface area contributed by atoms with Crippen LogP contribution in [0.1, 0.15) is 11.5 Å². The summed E-state index contributed by atoms with van der Waals surface area (Å²) in [4.78, 5) is 1.81. The molecule has 9 heteroatoms. The van der Waals surface area contributed by atoms with Gasteiger partial charge in [0, 0.05) is 39.5 Å². The van der Waals surface area contributed by atoms with E-state index in [2.05, 4.69) is 5.16 Å². The molecular formula is C17H21N3O5S. The largest absolute Gasteiger partial charge is 0.486 e. The van der Waals surface area contributed by atoms with E-state index in [4.69, 9.17) is 14.0 Å². The molecule has 140 valence electrons. The molecule has 0 saturated carbocycles. The van der Waals surface area contributed by atoms with Crippen LogP contribution in [0, 0.1) is 6.92 Å². The summed E-state index contributed by atoms with van der Waals surface area (Å²) in [5.41, 5.74) is 0.755. The van der Waals surface area contributed by atoms with Crippen LogP contribution in [0.5, 0.6) is 11.5 Å². The highest BCUT2D eigenvalue weighted by Crippen LogP contribution is 2.36. The SMILES string of the molecule is Cc1noc(/C=C/N(C)C)c1S(=O)(=O)N(C)c1ccc2c(c1)OCCO2. The minimum absolute atomic E-state index is 0.0352. The summed E-state index contributed by atoms with van der Waals surface area (Å²) in [6, 6.07) is 5.01. The fourth-order valence-corrected chi connectivity index (χ4v) is 3.95. The smallest absolute Gasteiger partial charge is 0.269 e. The Hall–Kier alpha value is -2.68. The fraction of sp³-hybridized carbons (Fsp3) is 0.353. The molecule has 1 aromatic heterocycles. The Morgan fingerprint density at radius 3 is 2.50 bits per heavy atom. The Morgan fingerprint density at radius 1 is 1.12 bits per heavy atom. The van der Waals surface area contributed by atoms with E-state index in [0.717, 1.165) is 0 Å². The number of anilines is 1. The number of nitrogens with zero attached hydrogens (tertiary/aromatic N) is 3. The van der Waals surface area contributed by atoms with Crippen molar-refractivity contribution in [3.05, 3.63) is 35.9 Å². The normalized spacial score (nSPS) is 13.8. The number of benzene rings is 1. The quantitative estimate of drug-likeness (QED) is 0.786. The number of hydrogen-bond acceptors (Lipinski definition) is 7. The van der Waals surface area contributed by atoms with Crippen molar-refractivity contribution < 1.29 is 22.4 Å². The molecule has 1 aromatic carbocycles. The van der Waals surface area contributed by atoms with Crippen molar-refractivity contribution in [3.8, 4) is 11.5 Å². The zero-order valence-electron chi connectivity index (χ0n) is 15.1. The minimum atomic E-state index is -3.87. The average Bonchev–Trinajstić information content (AvgIpc) is 3.00. The van der Waals surface area contributed by atoms with Gasteiger partial charge in [-0.05, 0) is 19.1 Å². The van der Waals surface area contributed by atoms with Crippen LogP contribution in [0.2, 0.25) is 0 Å². The van der Waals surface area contributed by atoms with Crippen molar-refractivity contribution in [2.24, 2.45) is 0 Å². The molecule has 0 amide bonds. The van der Waals surface area contributed by atoms with Crippen molar-refractivity contribution in [1.29, 1.82) is 0 Å². The van der Waals surface area contributed by atoms with Crippen LogP contribution < -0.4 is 13.8 Å².